The van der Waals surface area contributed by atoms with Gasteiger partial charge < -0.3 is 0 Å². The summed E-state index contributed by atoms with van der Waals surface area (Å²) in [7, 11) is 0. The minimum Gasteiger partial charge on any atom is -0.248 e. The number of rotatable bonds is 10. The molecule has 11 rings (SSSR count). The second kappa shape index (κ2) is 18.5. The standard InChI is InChI=1S/C65H49N/c1-9-26-46(27-10-1)54-44-56(62(50-34-17-5-18-35-50)64(52-38-21-7-22-39-52)60(54)48-30-13-3-14-31-48)58-42-25-43-59(66-58)57-45-55(47-28-11-2-12-29-47)61(49-32-15-4-16-33-49)65(53-40-23-8-24-41-53)63(57)51-36-19-6-20-37-51/h1-3,5-6,8-15,17-21,23-45H,4,7,16,22H2. The van der Waals surface area contributed by atoms with E-state index in [-0.39, 0.29) is 0 Å². The zero-order valence-electron chi connectivity index (χ0n) is 36.9. The third kappa shape index (κ3) is 7.91. The number of allylic oxidation sites excluding steroid dienone is 8. The lowest BCUT2D eigenvalue weighted by Crippen LogP contribution is -2.03. The molecule has 0 amide bonds. The molecule has 0 radical (unpaired) electrons. The van der Waals surface area contributed by atoms with Gasteiger partial charge in [0.05, 0.1) is 11.4 Å². The Hall–Kier alpha value is -8.13. The summed E-state index contributed by atoms with van der Waals surface area (Å²) in [5.74, 6) is 0. The second-order valence-electron chi connectivity index (χ2n) is 17.1. The third-order valence-corrected chi connectivity index (χ3v) is 12.9. The van der Waals surface area contributed by atoms with Gasteiger partial charge >= 0.3 is 0 Å². The highest BCUT2D eigenvalue weighted by atomic mass is 14.7. The summed E-state index contributed by atoms with van der Waals surface area (Å²) in [6, 6.07) is 77.0. The van der Waals surface area contributed by atoms with Gasteiger partial charge in [0.1, 0.15) is 0 Å². The van der Waals surface area contributed by atoms with Crippen molar-refractivity contribution < 1.29 is 0 Å². The molecule has 66 heavy (non-hydrogen) atoms. The number of pyridine rings is 1. The Labute approximate surface area is 389 Å². The monoisotopic (exact) mass is 843 g/mol. The van der Waals surface area contributed by atoms with Crippen LogP contribution >= 0.6 is 0 Å². The Morgan fingerprint density at radius 1 is 0.258 bits per heavy atom. The first-order chi connectivity index (χ1) is 32.8. The molecule has 1 aromatic heterocycles. The fourth-order valence-corrected chi connectivity index (χ4v) is 9.99. The highest BCUT2D eigenvalue weighted by Gasteiger charge is 2.28. The molecular weight excluding hydrogens is 795 g/mol. The molecular formula is C65H49N. The molecule has 0 saturated carbocycles. The van der Waals surface area contributed by atoms with Gasteiger partial charge in [0, 0.05) is 11.1 Å². The van der Waals surface area contributed by atoms with Gasteiger partial charge in [0.2, 0.25) is 0 Å². The first kappa shape index (κ1) is 40.6. The highest BCUT2D eigenvalue weighted by Crippen LogP contribution is 2.51. The molecule has 9 aromatic rings. The molecule has 2 aliphatic carbocycles. The van der Waals surface area contributed by atoms with E-state index >= 15 is 0 Å². The van der Waals surface area contributed by atoms with Gasteiger partial charge in [-0.3, -0.25) is 0 Å². The highest BCUT2D eigenvalue weighted by molar-refractivity contribution is 6.08. The van der Waals surface area contributed by atoms with Crippen LogP contribution in [0, 0.1) is 0 Å². The summed E-state index contributed by atoms with van der Waals surface area (Å²) < 4.78 is 0. The number of nitrogens with zero attached hydrogens (tertiary/aromatic N) is 1. The molecule has 0 unspecified atom stereocenters. The summed E-state index contributed by atoms with van der Waals surface area (Å²) in [4.78, 5) is 5.85. The predicted molar refractivity (Wildman–Crippen MR) is 280 cm³/mol. The first-order valence-corrected chi connectivity index (χ1v) is 23.3. The van der Waals surface area contributed by atoms with Gasteiger partial charge in [-0.2, -0.15) is 0 Å². The van der Waals surface area contributed by atoms with Crippen molar-refractivity contribution >= 4 is 11.1 Å². The topological polar surface area (TPSA) is 12.9 Å². The molecule has 0 saturated heterocycles. The van der Waals surface area contributed by atoms with Crippen LogP contribution in [0.3, 0.4) is 0 Å². The fraction of sp³-hybridized carbons (Fsp3) is 0.0615. The van der Waals surface area contributed by atoms with Crippen LogP contribution in [-0.2, 0) is 0 Å². The molecule has 1 heterocycles. The minimum absolute atomic E-state index is 0.922. The normalized spacial score (nSPS) is 13.3. The Kier molecular flexibility index (Phi) is 11.4. The van der Waals surface area contributed by atoms with Crippen molar-refractivity contribution in [1.82, 2.24) is 4.98 Å². The summed E-state index contributed by atoms with van der Waals surface area (Å²) in [6.07, 6.45) is 18.2. The van der Waals surface area contributed by atoms with Gasteiger partial charge in [-0.05, 0) is 139 Å². The Morgan fingerprint density at radius 3 is 0.985 bits per heavy atom. The molecule has 0 spiro atoms. The number of aromatic nitrogens is 1. The molecule has 0 atom stereocenters. The summed E-state index contributed by atoms with van der Waals surface area (Å²) in [6.45, 7) is 0. The largest absolute Gasteiger partial charge is 0.248 e. The maximum absolute atomic E-state index is 5.85. The van der Waals surface area contributed by atoms with Crippen LogP contribution in [0.4, 0.5) is 0 Å². The van der Waals surface area contributed by atoms with E-state index in [4.69, 9.17) is 4.98 Å². The fourth-order valence-electron chi connectivity index (χ4n) is 9.99. The molecule has 0 bridgehead atoms. The molecule has 0 N–H and O–H groups in total. The van der Waals surface area contributed by atoms with Crippen LogP contribution in [0.2, 0.25) is 0 Å². The number of hydrogen-bond acceptors (Lipinski definition) is 1. The Bertz CT molecular complexity index is 3290. The van der Waals surface area contributed by atoms with E-state index in [1.807, 2.05) is 0 Å². The molecule has 1 heteroatoms. The third-order valence-electron chi connectivity index (χ3n) is 12.9. The Morgan fingerprint density at radius 2 is 0.591 bits per heavy atom. The van der Waals surface area contributed by atoms with Gasteiger partial charge in [0.25, 0.3) is 0 Å². The lowest BCUT2D eigenvalue weighted by Gasteiger charge is -2.26. The maximum atomic E-state index is 5.85. The average molecular weight is 844 g/mol. The molecule has 0 fully saturated rings. The minimum atomic E-state index is 0.922. The van der Waals surface area contributed by atoms with Crippen molar-refractivity contribution in [2.75, 3.05) is 0 Å². The Balaban J connectivity index is 1.26. The van der Waals surface area contributed by atoms with Crippen LogP contribution < -0.4 is 0 Å². The molecule has 0 aliphatic heterocycles. The van der Waals surface area contributed by atoms with Gasteiger partial charge in [-0.1, -0.05) is 225 Å². The van der Waals surface area contributed by atoms with E-state index < -0.39 is 0 Å². The summed E-state index contributed by atoms with van der Waals surface area (Å²) in [5, 5.41) is 0. The number of hydrogen-bond donors (Lipinski definition) is 0. The lowest BCUT2D eigenvalue weighted by atomic mass is 9.78. The van der Waals surface area contributed by atoms with Crippen molar-refractivity contribution in [3.8, 4) is 89.3 Å². The molecule has 2 aliphatic rings. The lowest BCUT2D eigenvalue weighted by molar-refractivity contribution is 1.04. The van der Waals surface area contributed by atoms with Crippen LogP contribution in [0.1, 0.15) is 36.8 Å². The summed E-state index contributed by atoms with van der Waals surface area (Å²) >= 11 is 0. The van der Waals surface area contributed by atoms with Crippen molar-refractivity contribution in [1.29, 1.82) is 0 Å². The zero-order valence-corrected chi connectivity index (χ0v) is 36.9. The van der Waals surface area contributed by atoms with Crippen LogP contribution in [0.25, 0.3) is 100 Å². The van der Waals surface area contributed by atoms with E-state index in [0.717, 1.165) is 59.3 Å². The first-order valence-electron chi connectivity index (χ1n) is 23.3. The van der Waals surface area contributed by atoms with Crippen molar-refractivity contribution in [3.05, 3.63) is 260 Å². The van der Waals surface area contributed by atoms with E-state index in [0.29, 0.717) is 0 Å². The average Bonchev–Trinajstić information content (AvgIpc) is 3.41. The maximum Gasteiger partial charge on any atom is 0.0716 e. The van der Waals surface area contributed by atoms with Crippen LogP contribution in [0.15, 0.2) is 249 Å². The zero-order chi connectivity index (χ0) is 44.1. The van der Waals surface area contributed by atoms with Crippen molar-refractivity contribution in [2.24, 2.45) is 0 Å². The van der Waals surface area contributed by atoms with Crippen molar-refractivity contribution in [2.45, 2.75) is 25.7 Å². The molecule has 8 aromatic carbocycles. The van der Waals surface area contributed by atoms with Crippen LogP contribution in [-0.4, -0.2) is 4.98 Å². The SMILES string of the molecule is C1=CC(c2c(-c3ccccc3)c(-c3ccccc3)cc(-c3cccc(-c4cc(-c5ccccc5)c(C5=CCCC=C5)c(-c5ccccc5)c4-c4ccccc4)n3)c2-c2ccccc2)=CCC1. The van der Waals surface area contributed by atoms with Gasteiger partial charge in [-0.15, -0.1) is 0 Å². The van der Waals surface area contributed by atoms with Gasteiger partial charge in [0.15, 0.2) is 0 Å². The smallest absolute Gasteiger partial charge is 0.0716 e. The van der Waals surface area contributed by atoms with Crippen molar-refractivity contribution in [3.63, 3.8) is 0 Å². The number of benzene rings is 8. The van der Waals surface area contributed by atoms with E-state index in [1.54, 1.807) is 0 Å². The van der Waals surface area contributed by atoms with Gasteiger partial charge in [-0.25, -0.2) is 4.98 Å². The summed E-state index contributed by atoms with van der Waals surface area (Å²) in [5.41, 5.74) is 23.2. The van der Waals surface area contributed by atoms with E-state index in [9.17, 15) is 0 Å². The molecule has 1 nitrogen and oxygen atoms in total. The van der Waals surface area contributed by atoms with Crippen LogP contribution in [0.5, 0.6) is 0 Å². The predicted octanol–water partition coefficient (Wildman–Crippen LogP) is 17.9. The quantitative estimate of drug-likeness (QED) is 0.134. The van der Waals surface area contributed by atoms with E-state index in [2.05, 4.69) is 249 Å². The second-order valence-corrected chi connectivity index (χ2v) is 17.1. The van der Waals surface area contributed by atoms with E-state index in [1.165, 1.54) is 77.9 Å². The molecule has 314 valence electrons.